The van der Waals surface area contributed by atoms with Gasteiger partial charge in [-0.25, -0.2) is 9.97 Å². The second-order valence-corrected chi connectivity index (χ2v) is 13.7. The third kappa shape index (κ3) is 6.81. The monoisotopic (exact) mass is 701 g/mol. The number of nitrogens with zero attached hydrogens (tertiary/aromatic N) is 4. The Bertz CT molecular complexity index is 1920. The van der Waals surface area contributed by atoms with E-state index in [1.54, 1.807) is 20.4 Å². The van der Waals surface area contributed by atoms with Gasteiger partial charge in [-0.1, -0.05) is 65.7 Å². The van der Waals surface area contributed by atoms with Crippen LogP contribution in [-0.2, 0) is 22.7 Å². The van der Waals surface area contributed by atoms with Crippen LogP contribution in [0, 0.1) is 5.41 Å². The molecule has 4 aromatic rings. The van der Waals surface area contributed by atoms with E-state index in [1.807, 2.05) is 48.5 Å². The van der Waals surface area contributed by atoms with Gasteiger partial charge in [-0.05, 0) is 12.5 Å². The quantitative estimate of drug-likeness (QED) is 0.200. The Balaban J connectivity index is 1.10. The zero-order valence-electron chi connectivity index (χ0n) is 27.3. The Morgan fingerprint density at radius 3 is 2.20 bits per heavy atom. The summed E-state index contributed by atoms with van der Waals surface area (Å²) in [6.45, 7) is 4.19. The Morgan fingerprint density at radius 1 is 0.898 bits per heavy atom. The molecular formula is C36H37Cl2N7O4. The van der Waals surface area contributed by atoms with E-state index in [9.17, 15) is 9.59 Å². The van der Waals surface area contributed by atoms with Crippen LogP contribution in [0.4, 0.5) is 0 Å². The third-order valence-corrected chi connectivity index (χ3v) is 10.3. The van der Waals surface area contributed by atoms with Crippen molar-refractivity contribution in [3.05, 3.63) is 76.0 Å². The summed E-state index contributed by atoms with van der Waals surface area (Å²) >= 11 is 14.2. The maximum atomic E-state index is 11.7. The van der Waals surface area contributed by atoms with Crippen molar-refractivity contribution in [3.8, 4) is 45.4 Å². The second kappa shape index (κ2) is 13.9. The number of methoxy groups -OCH3 is 2. The van der Waals surface area contributed by atoms with Crippen LogP contribution in [0.15, 0.2) is 54.7 Å². The van der Waals surface area contributed by atoms with Crippen LogP contribution in [0.3, 0.4) is 0 Å². The first-order valence-corrected chi connectivity index (χ1v) is 17.0. The van der Waals surface area contributed by atoms with E-state index in [2.05, 4.69) is 20.9 Å². The number of rotatable bonds is 11. The zero-order chi connectivity index (χ0) is 34.1. The van der Waals surface area contributed by atoms with Crippen molar-refractivity contribution in [3.63, 3.8) is 0 Å². The largest absolute Gasteiger partial charge is 0.481 e. The molecule has 7 rings (SSSR count). The molecule has 1 atom stereocenters. The molecule has 13 heteroatoms. The van der Waals surface area contributed by atoms with E-state index >= 15 is 0 Å². The highest BCUT2D eigenvalue weighted by molar-refractivity contribution is 6.39. The van der Waals surface area contributed by atoms with Gasteiger partial charge >= 0.3 is 0 Å². The lowest BCUT2D eigenvalue weighted by atomic mass is 9.79. The number of hydrogen-bond donors (Lipinski definition) is 3. The van der Waals surface area contributed by atoms with E-state index in [-0.39, 0.29) is 23.3 Å². The van der Waals surface area contributed by atoms with Crippen molar-refractivity contribution in [2.24, 2.45) is 5.41 Å². The molecular weight excluding hydrogens is 665 g/mol. The molecule has 2 amide bonds. The molecule has 0 radical (unpaired) electrons. The fourth-order valence-corrected chi connectivity index (χ4v) is 7.67. The van der Waals surface area contributed by atoms with Crippen LogP contribution in [0.2, 0.25) is 10.0 Å². The minimum atomic E-state index is 0.0318. The first kappa shape index (κ1) is 33.2. The van der Waals surface area contributed by atoms with E-state index < -0.39 is 0 Å². The molecule has 0 aliphatic carbocycles. The Labute approximate surface area is 294 Å². The number of nitrogens with one attached hydrogen (secondary N) is 3. The molecule has 0 bridgehead atoms. The van der Waals surface area contributed by atoms with E-state index in [1.165, 1.54) is 0 Å². The minimum Gasteiger partial charge on any atom is -0.481 e. The predicted octanol–water partition coefficient (Wildman–Crippen LogP) is 4.89. The molecule has 0 unspecified atom stereocenters. The number of ether oxygens (including phenoxy) is 2. The van der Waals surface area contributed by atoms with Crippen molar-refractivity contribution in [2.45, 2.75) is 38.4 Å². The number of likely N-dealkylation sites (tertiary alicyclic amines) is 1. The molecule has 3 fully saturated rings. The lowest BCUT2D eigenvalue weighted by molar-refractivity contribution is -0.121. The molecule has 3 N–H and O–H groups in total. The molecule has 254 valence electrons. The minimum absolute atomic E-state index is 0.0318. The number of hydrogen-bond acceptors (Lipinski definition) is 9. The van der Waals surface area contributed by atoms with Gasteiger partial charge in [0.1, 0.15) is 5.69 Å². The van der Waals surface area contributed by atoms with E-state index in [0.717, 1.165) is 54.0 Å². The number of pyridine rings is 1. The first-order valence-electron chi connectivity index (χ1n) is 16.3. The number of carbonyl (C=O) groups excluding carboxylic acids is 2. The lowest BCUT2D eigenvalue weighted by Gasteiger charge is -2.46. The lowest BCUT2D eigenvalue weighted by Crippen LogP contribution is -2.56. The molecule has 11 nitrogen and oxygen atoms in total. The summed E-state index contributed by atoms with van der Waals surface area (Å²) in [5.41, 5.74) is 5.84. The highest BCUT2D eigenvalue weighted by atomic mass is 35.5. The second-order valence-electron chi connectivity index (χ2n) is 12.9. The fourth-order valence-electron chi connectivity index (χ4n) is 7.02. The van der Waals surface area contributed by atoms with Gasteiger partial charge in [-0.15, -0.1) is 0 Å². The highest BCUT2D eigenvalue weighted by Crippen LogP contribution is 2.43. The Morgan fingerprint density at radius 2 is 1.57 bits per heavy atom. The maximum Gasteiger partial charge on any atom is 0.237 e. The smallest absolute Gasteiger partial charge is 0.237 e. The van der Waals surface area contributed by atoms with Gasteiger partial charge in [0, 0.05) is 91.4 Å². The van der Waals surface area contributed by atoms with Crippen molar-refractivity contribution >= 4 is 35.0 Å². The summed E-state index contributed by atoms with van der Waals surface area (Å²) in [6, 6.07) is 15.5. The van der Waals surface area contributed by atoms with E-state index in [4.69, 9.17) is 47.6 Å². The van der Waals surface area contributed by atoms with Gasteiger partial charge in [0.2, 0.25) is 23.6 Å². The molecule has 1 spiro atoms. The van der Waals surface area contributed by atoms with Crippen molar-refractivity contribution < 1.29 is 19.1 Å². The first-order chi connectivity index (χ1) is 23.8. The van der Waals surface area contributed by atoms with Crippen LogP contribution in [0.5, 0.6) is 11.8 Å². The summed E-state index contributed by atoms with van der Waals surface area (Å²) in [5.74, 6) is 1.15. The third-order valence-electron chi connectivity index (χ3n) is 9.46. The predicted molar refractivity (Wildman–Crippen MR) is 187 cm³/mol. The van der Waals surface area contributed by atoms with Gasteiger partial charge in [0.25, 0.3) is 0 Å². The SMILES string of the molecule is COc1nc(-c2cccc(-c3cccc(-c4cnc(CN5CC6(CNC(=O)C6)C5)c(OC)n4)c3Cl)c2Cl)ccc1CNC[C@@H]1CCC(=O)N1. The molecule has 3 saturated heterocycles. The van der Waals surface area contributed by atoms with Gasteiger partial charge < -0.3 is 25.4 Å². The molecule has 2 aromatic heterocycles. The van der Waals surface area contributed by atoms with Crippen LogP contribution < -0.4 is 25.4 Å². The van der Waals surface area contributed by atoms with Crippen LogP contribution in [0.1, 0.15) is 30.5 Å². The van der Waals surface area contributed by atoms with Crippen molar-refractivity contribution in [1.29, 1.82) is 0 Å². The number of halogens is 2. The van der Waals surface area contributed by atoms with Gasteiger partial charge in [0.15, 0.2) is 0 Å². The fraction of sp³-hybridized carbons (Fsp3) is 0.361. The molecule has 5 heterocycles. The maximum absolute atomic E-state index is 11.7. The number of amides is 2. The van der Waals surface area contributed by atoms with Crippen molar-refractivity contribution in [2.75, 3.05) is 40.4 Å². The average molecular weight is 703 g/mol. The summed E-state index contributed by atoms with van der Waals surface area (Å²) in [4.78, 5) is 39.8. The average Bonchev–Trinajstić information content (AvgIpc) is 3.70. The zero-order valence-corrected chi connectivity index (χ0v) is 28.8. The number of aromatic nitrogens is 3. The van der Waals surface area contributed by atoms with Crippen molar-refractivity contribution in [1.82, 2.24) is 35.8 Å². The number of benzene rings is 2. The highest BCUT2D eigenvalue weighted by Gasteiger charge is 2.48. The molecule has 2 aromatic carbocycles. The summed E-state index contributed by atoms with van der Waals surface area (Å²) in [7, 11) is 3.18. The van der Waals surface area contributed by atoms with Gasteiger partial charge in [0.05, 0.1) is 41.8 Å². The Hall–Kier alpha value is -4.29. The summed E-state index contributed by atoms with van der Waals surface area (Å²) in [5, 5.41) is 10.3. The van der Waals surface area contributed by atoms with Gasteiger partial charge in [-0.3, -0.25) is 19.5 Å². The topological polar surface area (TPSA) is 131 Å². The molecule has 3 aliphatic rings. The molecule has 3 aliphatic heterocycles. The molecule has 49 heavy (non-hydrogen) atoms. The molecule has 0 saturated carbocycles. The van der Waals surface area contributed by atoms with E-state index in [0.29, 0.717) is 71.2 Å². The van der Waals surface area contributed by atoms with Crippen LogP contribution in [0.25, 0.3) is 33.6 Å². The Kier molecular flexibility index (Phi) is 9.43. The normalized spacial score (nSPS) is 18.3. The van der Waals surface area contributed by atoms with Crippen LogP contribution in [-0.4, -0.2) is 78.1 Å². The summed E-state index contributed by atoms with van der Waals surface area (Å²) in [6.07, 6.45) is 3.69. The number of carbonyl (C=O) groups is 2. The van der Waals surface area contributed by atoms with Gasteiger partial charge in [-0.2, -0.15) is 0 Å². The standard InChI is InChI=1S/C36H37Cl2N7O4/c1-48-34-21(14-39-15-22-10-12-30(46)42-22)9-11-27(43-34)25-7-3-5-23(32(25)37)24-6-4-8-26(33(24)38)28-16-40-29(35(44-28)49-2)17-45-19-36(20-45)13-31(47)41-18-36/h3-9,11,16,22,39H,10,12-15,17-20H2,1-2H3,(H,41,47)(H,42,46)/t22-/m0/s1. The van der Waals surface area contributed by atoms with Crippen LogP contribution >= 0.6 is 23.2 Å². The summed E-state index contributed by atoms with van der Waals surface area (Å²) < 4.78 is 11.3.